The van der Waals surface area contributed by atoms with E-state index in [0.29, 0.717) is 0 Å². The van der Waals surface area contributed by atoms with Crippen LogP contribution in [0, 0.1) is 12.8 Å². The van der Waals surface area contributed by atoms with Gasteiger partial charge in [-0.3, -0.25) is 0 Å². The van der Waals surface area contributed by atoms with Crippen LogP contribution in [0.25, 0.3) is 0 Å². The van der Waals surface area contributed by atoms with Crippen molar-refractivity contribution in [3.63, 3.8) is 0 Å². The number of aryl methyl sites for hydroxylation is 1. The van der Waals surface area contributed by atoms with Crippen LogP contribution in [0.15, 0.2) is 24.3 Å². The molecule has 1 saturated heterocycles. The van der Waals surface area contributed by atoms with Crippen molar-refractivity contribution >= 4 is 0 Å². The Kier molecular flexibility index (Phi) is 4.19. The van der Waals surface area contributed by atoms with Gasteiger partial charge in [0.2, 0.25) is 0 Å². The number of nitrogens with zero attached hydrogens (tertiary/aromatic N) is 1. The Morgan fingerprint density at radius 1 is 1.41 bits per heavy atom. The molecule has 94 valence electrons. The van der Waals surface area contributed by atoms with E-state index in [1.807, 2.05) is 18.2 Å². The molecule has 1 heterocycles. The molecular formula is C15H23NO. The Morgan fingerprint density at radius 3 is 2.88 bits per heavy atom. The first kappa shape index (κ1) is 12.6. The summed E-state index contributed by atoms with van der Waals surface area (Å²) in [6.07, 6.45) is 2.25. The average Bonchev–Trinajstić information content (AvgIpc) is 2.29. The minimum atomic E-state index is -0.346. The van der Waals surface area contributed by atoms with Gasteiger partial charge in [-0.05, 0) is 43.4 Å². The van der Waals surface area contributed by atoms with E-state index in [1.165, 1.54) is 18.4 Å². The summed E-state index contributed by atoms with van der Waals surface area (Å²) in [4.78, 5) is 2.39. The molecular weight excluding hydrogens is 210 g/mol. The lowest BCUT2D eigenvalue weighted by atomic mass is 9.98. The minimum Gasteiger partial charge on any atom is -0.387 e. The fourth-order valence-electron chi connectivity index (χ4n) is 2.76. The highest BCUT2D eigenvalue weighted by Crippen LogP contribution is 2.21. The molecule has 0 amide bonds. The standard InChI is InChI=1S/C15H23NO/c1-12-6-5-9-16(10-12)11-15(17)14-8-4-3-7-13(14)2/h3-4,7-8,12,15,17H,5-6,9-11H2,1-2H3. The molecule has 2 rings (SSSR count). The Hall–Kier alpha value is -0.860. The van der Waals surface area contributed by atoms with E-state index in [4.69, 9.17) is 0 Å². The number of benzene rings is 1. The maximum absolute atomic E-state index is 10.3. The van der Waals surface area contributed by atoms with Gasteiger partial charge in [0.1, 0.15) is 0 Å². The summed E-state index contributed by atoms with van der Waals surface area (Å²) in [6.45, 7) is 7.40. The Balaban J connectivity index is 1.97. The quantitative estimate of drug-likeness (QED) is 0.867. The zero-order valence-electron chi connectivity index (χ0n) is 10.9. The molecule has 2 unspecified atom stereocenters. The zero-order valence-corrected chi connectivity index (χ0v) is 10.9. The fraction of sp³-hybridized carbons (Fsp3) is 0.600. The van der Waals surface area contributed by atoms with Crippen LogP contribution in [0.1, 0.15) is 37.0 Å². The number of aliphatic hydroxyl groups is 1. The van der Waals surface area contributed by atoms with Gasteiger partial charge >= 0.3 is 0 Å². The van der Waals surface area contributed by atoms with Gasteiger partial charge in [0.25, 0.3) is 0 Å². The van der Waals surface area contributed by atoms with Gasteiger partial charge in [-0.1, -0.05) is 31.2 Å². The summed E-state index contributed by atoms with van der Waals surface area (Å²) in [6, 6.07) is 8.13. The highest BCUT2D eigenvalue weighted by atomic mass is 16.3. The van der Waals surface area contributed by atoms with Gasteiger partial charge in [-0.25, -0.2) is 0 Å². The maximum atomic E-state index is 10.3. The number of aliphatic hydroxyl groups excluding tert-OH is 1. The first-order valence-corrected chi connectivity index (χ1v) is 6.63. The molecule has 0 radical (unpaired) electrons. The van der Waals surface area contributed by atoms with E-state index >= 15 is 0 Å². The first-order chi connectivity index (χ1) is 8.16. The molecule has 1 N–H and O–H groups in total. The van der Waals surface area contributed by atoms with Crippen LogP contribution in [0.3, 0.4) is 0 Å². The second-order valence-corrected chi connectivity index (χ2v) is 5.38. The molecule has 1 aliphatic heterocycles. The highest BCUT2D eigenvalue weighted by molar-refractivity contribution is 5.27. The molecule has 2 atom stereocenters. The number of rotatable bonds is 3. The highest BCUT2D eigenvalue weighted by Gasteiger charge is 2.20. The van der Waals surface area contributed by atoms with Gasteiger partial charge in [0, 0.05) is 13.1 Å². The van der Waals surface area contributed by atoms with Gasteiger partial charge in [0.15, 0.2) is 0 Å². The summed E-state index contributed by atoms with van der Waals surface area (Å²) < 4.78 is 0. The van der Waals surface area contributed by atoms with E-state index < -0.39 is 0 Å². The molecule has 1 aromatic rings. The van der Waals surface area contributed by atoms with Crippen molar-refractivity contribution in [3.8, 4) is 0 Å². The average molecular weight is 233 g/mol. The monoisotopic (exact) mass is 233 g/mol. The third kappa shape index (κ3) is 3.30. The van der Waals surface area contributed by atoms with Gasteiger partial charge in [-0.2, -0.15) is 0 Å². The van der Waals surface area contributed by atoms with Crippen molar-refractivity contribution in [2.24, 2.45) is 5.92 Å². The lowest BCUT2D eigenvalue weighted by Gasteiger charge is -2.32. The van der Waals surface area contributed by atoms with Crippen LogP contribution < -0.4 is 0 Å². The van der Waals surface area contributed by atoms with Gasteiger partial charge in [0.05, 0.1) is 6.10 Å². The van der Waals surface area contributed by atoms with Gasteiger partial charge in [-0.15, -0.1) is 0 Å². The Morgan fingerprint density at radius 2 is 2.18 bits per heavy atom. The number of β-amino-alcohol motifs (C(OH)–C–C–N with tert-alkyl or cyclic N) is 1. The largest absolute Gasteiger partial charge is 0.387 e. The van der Waals surface area contributed by atoms with Crippen molar-refractivity contribution < 1.29 is 5.11 Å². The molecule has 1 aliphatic rings. The molecule has 2 heteroatoms. The fourth-order valence-corrected chi connectivity index (χ4v) is 2.76. The molecule has 0 aliphatic carbocycles. The minimum absolute atomic E-state index is 0.346. The second kappa shape index (κ2) is 5.65. The van der Waals surface area contributed by atoms with E-state index in [0.717, 1.165) is 31.1 Å². The predicted octanol–water partition coefficient (Wildman–Crippen LogP) is 2.76. The Labute approximate surface area is 104 Å². The summed E-state index contributed by atoms with van der Waals surface area (Å²) in [7, 11) is 0. The molecule has 2 nitrogen and oxygen atoms in total. The summed E-state index contributed by atoms with van der Waals surface area (Å²) in [5, 5.41) is 10.3. The van der Waals surface area contributed by atoms with Crippen molar-refractivity contribution in [3.05, 3.63) is 35.4 Å². The topological polar surface area (TPSA) is 23.5 Å². The number of hydrogen-bond acceptors (Lipinski definition) is 2. The van der Waals surface area contributed by atoms with E-state index in [2.05, 4.69) is 24.8 Å². The van der Waals surface area contributed by atoms with Crippen molar-refractivity contribution in [2.45, 2.75) is 32.8 Å². The van der Waals surface area contributed by atoms with Crippen LogP contribution in [-0.2, 0) is 0 Å². The van der Waals surface area contributed by atoms with Crippen LogP contribution >= 0.6 is 0 Å². The number of likely N-dealkylation sites (tertiary alicyclic amines) is 1. The van der Waals surface area contributed by atoms with Crippen LogP contribution in [0.4, 0.5) is 0 Å². The molecule has 0 bridgehead atoms. The lowest BCUT2D eigenvalue weighted by molar-refractivity contribution is 0.0872. The molecule has 0 spiro atoms. The Bertz CT molecular complexity index is 364. The third-order valence-corrected chi connectivity index (χ3v) is 3.72. The maximum Gasteiger partial charge on any atom is 0.0919 e. The smallest absolute Gasteiger partial charge is 0.0919 e. The summed E-state index contributed by atoms with van der Waals surface area (Å²) in [5.74, 6) is 0.771. The second-order valence-electron chi connectivity index (χ2n) is 5.38. The van der Waals surface area contributed by atoms with E-state index in [-0.39, 0.29) is 6.10 Å². The lowest BCUT2D eigenvalue weighted by Crippen LogP contribution is -2.37. The third-order valence-electron chi connectivity index (χ3n) is 3.72. The molecule has 17 heavy (non-hydrogen) atoms. The van der Waals surface area contributed by atoms with E-state index in [9.17, 15) is 5.11 Å². The summed E-state index contributed by atoms with van der Waals surface area (Å²) >= 11 is 0. The van der Waals surface area contributed by atoms with Crippen LogP contribution in [-0.4, -0.2) is 29.6 Å². The van der Waals surface area contributed by atoms with Crippen LogP contribution in [0.5, 0.6) is 0 Å². The molecule has 1 aromatic carbocycles. The molecule has 0 aromatic heterocycles. The SMILES string of the molecule is Cc1ccccc1C(O)CN1CCCC(C)C1. The number of hydrogen-bond donors (Lipinski definition) is 1. The van der Waals surface area contributed by atoms with Crippen molar-refractivity contribution in [1.29, 1.82) is 0 Å². The van der Waals surface area contributed by atoms with Gasteiger partial charge < -0.3 is 10.0 Å². The molecule has 0 saturated carbocycles. The molecule has 1 fully saturated rings. The van der Waals surface area contributed by atoms with Crippen molar-refractivity contribution in [2.75, 3.05) is 19.6 Å². The first-order valence-electron chi connectivity index (χ1n) is 6.63. The normalized spacial score (nSPS) is 23.6. The van der Waals surface area contributed by atoms with Crippen LogP contribution in [0.2, 0.25) is 0 Å². The predicted molar refractivity (Wildman–Crippen MR) is 71.0 cm³/mol. The summed E-state index contributed by atoms with van der Waals surface area (Å²) in [5.41, 5.74) is 2.26. The zero-order chi connectivity index (χ0) is 12.3. The number of piperidine rings is 1. The van der Waals surface area contributed by atoms with Crippen molar-refractivity contribution in [1.82, 2.24) is 4.90 Å². The van der Waals surface area contributed by atoms with E-state index in [1.54, 1.807) is 0 Å².